The van der Waals surface area contributed by atoms with E-state index in [4.69, 9.17) is 14.2 Å². The van der Waals surface area contributed by atoms with Gasteiger partial charge in [0.25, 0.3) is 0 Å². The van der Waals surface area contributed by atoms with Crippen molar-refractivity contribution >= 4 is 5.91 Å². The number of hydrogen-bond donors (Lipinski definition) is 0. The minimum atomic E-state index is 0.221. The summed E-state index contributed by atoms with van der Waals surface area (Å²) in [6.45, 7) is 2.61. The van der Waals surface area contributed by atoms with E-state index in [0.29, 0.717) is 36.3 Å². The first-order chi connectivity index (χ1) is 10.6. The first-order valence-electron chi connectivity index (χ1n) is 7.72. The van der Waals surface area contributed by atoms with Crippen LogP contribution in [0.4, 0.5) is 0 Å². The first kappa shape index (κ1) is 16.5. The molecule has 1 aliphatic rings. The van der Waals surface area contributed by atoms with Gasteiger partial charge in [-0.1, -0.05) is 6.92 Å². The zero-order chi connectivity index (χ0) is 16.1. The van der Waals surface area contributed by atoms with Gasteiger partial charge in [0.05, 0.1) is 21.3 Å². The summed E-state index contributed by atoms with van der Waals surface area (Å²) < 4.78 is 16.1. The monoisotopic (exact) mass is 307 g/mol. The molecule has 122 valence electrons. The van der Waals surface area contributed by atoms with E-state index in [1.165, 1.54) is 0 Å². The maximum Gasteiger partial charge on any atom is 0.223 e. The fourth-order valence-corrected chi connectivity index (χ4v) is 2.59. The van der Waals surface area contributed by atoms with Crippen LogP contribution in [0.5, 0.6) is 17.2 Å². The van der Waals surface area contributed by atoms with E-state index in [-0.39, 0.29) is 5.91 Å². The van der Waals surface area contributed by atoms with Crippen LogP contribution in [0.25, 0.3) is 0 Å². The van der Waals surface area contributed by atoms with Crippen molar-refractivity contribution < 1.29 is 19.0 Å². The lowest BCUT2D eigenvalue weighted by molar-refractivity contribution is -0.132. The molecule has 0 aliphatic heterocycles. The molecule has 5 heteroatoms. The molecule has 2 rings (SSSR count). The van der Waals surface area contributed by atoms with Crippen molar-refractivity contribution in [1.29, 1.82) is 0 Å². The summed E-state index contributed by atoms with van der Waals surface area (Å²) in [5, 5.41) is 0. The van der Waals surface area contributed by atoms with Gasteiger partial charge in [0, 0.05) is 19.0 Å². The standard InChI is InChI=1S/C17H25NO4/c1-5-6-16(19)18(13-7-8-13)11-12-9-14(20-2)17(22-4)15(10-12)21-3/h9-10,13H,5-8,11H2,1-4H3. The average Bonchev–Trinajstić information content (AvgIpc) is 3.36. The third-order valence-corrected chi connectivity index (χ3v) is 3.85. The second kappa shape index (κ2) is 7.38. The fourth-order valence-electron chi connectivity index (χ4n) is 2.59. The van der Waals surface area contributed by atoms with Gasteiger partial charge in [0.1, 0.15) is 0 Å². The lowest BCUT2D eigenvalue weighted by Crippen LogP contribution is -2.32. The largest absolute Gasteiger partial charge is 0.493 e. The molecule has 0 unspecified atom stereocenters. The number of ether oxygens (including phenoxy) is 3. The molecule has 22 heavy (non-hydrogen) atoms. The summed E-state index contributed by atoms with van der Waals surface area (Å²) in [4.78, 5) is 14.3. The number of methoxy groups -OCH3 is 3. The Morgan fingerprint density at radius 3 is 2.14 bits per heavy atom. The van der Waals surface area contributed by atoms with Gasteiger partial charge in [-0.3, -0.25) is 4.79 Å². The minimum Gasteiger partial charge on any atom is -0.493 e. The number of carbonyl (C=O) groups excluding carboxylic acids is 1. The lowest BCUT2D eigenvalue weighted by atomic mass is 10.1. The van der Waals surface area contributed by atoms with E-state index in [1.807, 2.05) is 24.0 Å². The molecule has 0 spiro atoms. The van der Waals surface area contributed by atoms with Crippen LogP contribution in [0.2, 0.25) is 0 Å². The zero-order valence-corrected chi connectivity index (χ0v) is 13.8. The molecule has 0 radical (unpaired) electrons. The van der Waals surface area contributed by atoms with Gasteiger partial charge in [0.2, 0.25) is 11.7 Å². The highest BCUT2D eigenvalue weighted by Gasteiger charge is 2.32. The van der Waals surface area contributed by atoms with Gasteiger partial charge in [-0.05, 0) is 37.0 Å². The summed E-state index contributed by atoms with van der Waals surface area (Å²) in [5.41, 5.74) is 0.992. The number of benzene rings is 1. The second-order valence-electron chi connectivity index (χ2n) is 5.54. The van der Waals surface area contributed by atoms with Crippen LogP contribution in [0.1, 0.15) is 38.2 Å². The Kier molecular flexibility index (Phi) is 5.52. The molecule has 5 nitrogen and oxygen atoms in total. The van der Waals surface area contributed by atoms with Gasteiger partial charge in [0.15, 0.2) is 11.5 Å². The zero-order valence-electron chi connectivity index (χ0n) is 13.8. The Morgan fingerprint density at radius 2 is 1.73 bits per heavy atom. The summed E-state index contributed by atoms with van der Waals surface area (Å²) >= 11 is 0. The van der Waals surface area contributed by atoms with Gasteiger partial charge in [-0.2, -0.15) is 0 Å². The van der Waals surface area contributed by atoms with Gasteiger partial charge in [-0.25, -0.2) is 0 Å². The quantitative estimate of drug-likeness (QED) is 0.741. The average molecular weight is 307 g/mol. The predicted molar refractivity (Wildman–Crippen MR) is 84.6 cm³/mol. The molecule has 0 N–H and O–H groups in total. The van der Waals surface area contributed by atoms with Gasteiger partial charge in [-0.15, -0.1) is 0 Å². The third-order valence-electron chi connectivity index (χ3n) is 3.85. The number of rotatable bonds is 8. The summed E-state index contributed by atoms with van der Waals surface area (Å²) in [6, 6.07) is 4.21. The van der Waals surface area contributed by atoms with E-state index >= 15 is 0 Å². The maximum absolute atomic E-state index is 12.3. The topological polar surface area (TPSA) is 48.0 Å². The van der Waals surface area contributed by atoms with Crippen molar-refractivity contribution in [2.45, 2.75) is 45.2 Å². The first-order valence-corrected chi connectivity index (χ1v) is 7.72. The van der Waals surface area contributed by atoms with Crippen molar-refractivity contribution in [3.63, 3.8) is 0 Å². The Balaban J connectivity index is 2.25. The molecule has 1 amide bonds. The molecule has 0 saturated heterocycles. The lowest BCUT2D eigenvalue weighted by Gasteiger charge is -2.23. The Labute approximate surface area is 132 Å². The highest BCUT2D eigenvalue weighted by Crippen LogP contribution is 2.39. The number of carbonyl (C=O) groups is 1. The molecule has 1 aliphatic carbocycles. The van der Waals surface area contributed by atoms with Crippen molar-refractivity contribution in [2.75, 3.05) is 21.3 Å². The molecule has 0 atom stereocenters. The second-order valence-corrected chi connectivity index (χ2v) is 5.54. The van der Waals surface area contributed by atoms with Crippen LogP contribution >= 0.6 is 0 Å². The molecule has 0 aromatic heterocycles. The van der Waals surface area contributed by atoms with Gasteiger partial charge < -0.3 is 19.1 Å². The summed E-state index contributed by atoms with van der Waals surface area (Å²) in [7, 11) is 4.78. The highest BCUT2D eigenvalue weighted by atomic mass is 16.5. The van der Waals surface area contributed by atoms with Crippen molar-refractivity contribution in [3.05, 3.63) is 17.7 Å². The molecule has 0 bridgehead atoms. The SMILES string of the molecule is CCCC(=O)N(Cc1cc(OC)c(OC)c(OC)c1)C1CC1. The number of hydrogen-bond acceptors (Lipinski definition) is 4. The van der Waals surface area contributed by atoms with E-state index in [9.17, 15) is 4.79 Å². The van der Waals surface area contributed by atoms with Crippen molar-refractivity contribution in [1.82, 2.24) is 4.90 Å². The maximum atomic E-state index is 12.3. The predicted octanol–water partition coefficient (Wildman–Crippen LogP) is 3.00. The van der Waals surface area contributed by atoms with Crippen LogP contribution in [0.15, 0.2) is 12.1 Å². The van der Waals surface area contributed by atoms with Crippen LogP contribution < -0.4 is 14.2 Å². The highest BCUT2D eigenvalue weighted by molar-refractivity contribution is 5.77. The molecule has 1 aromatic carbocycles. The Bertz CT molecular complexity index is 500. The van der Waals surface area contributed by atoms with Crippen molar-refractivity contribution in [2.24, 2.45) is 0 Å². The van der Waals surface area contributed by atoms with Crippen molar-refractivity contribution in [3.8, 4) is 17.2 Å². The number of amides is 1. The van der Waals surface area contributed by atoms with E-state index < -0.39 is 0 Å². The normalized spacial score (nSPS) is 13.6. The molecule has 1 saturated carbocycles. The molecular weight excluding hydrogens is 282 g/mol. The van der Waals surface area contributed by atoms with Gasteiger partial charge >= 0.3 is 0 Å². The third kappa shape index (κ3) is 3.64. The molecule has 0 heterocycles. The Morgan fingerprint density at radius 1 is 1.14 bits per heavy atom. The van der Waals surface area contributed by atoms with Crippen LogP contribution in [-0.2, 0) is 11.3 Å². The molecule has 1 aromatic rings. The van der Waals surface area contributed by atoms with E-state index in [2.05, 4.69) is 0 Å². The fraction of sp³-hybridized carbons (Fsp3) is 0.588. The minimum absolute atomic E-state index is 0.221. The smallest absolute Gasteiger partial charge is 0.223 e. The van der Waals surface area contributed by atoms with E-state index in [0.717, 1.165) is 24.8 Å². The molecular formula is C17H25NO4. The number of nitrogens with zero attached hydrogens (tertiary/aromatic N) is 1. The van der Waals surface area contributed by atoms with Crippen LogP contribution in [0.3, 0.4) is 0 Å². The summed E-state index contributed by atoms with van der Waals surface area (Å²) in [5.74, 6) is 2.04. The Hall–Kier alpha value is -1.91. The molecule has 1 fully saturated rings. The van der Waals surface area contributed by atoms with Crippen LogP contribution in [-0.4, -0.2) is 38.2 Å². The summed E-state index contributed by atoms with van der Waals surface area (Å²) in [6.07, 6.45) is 3.66. The van der Waals surface area contributed by atoms with Crippen LogP contribution in [0, 0.1) is 0 Å². The van der Waals surface area contributed by atoms with E-state index in [1.54, 1.807) is 21.3 Å².